The summed E-state index contributed by atoms with van der Waals surface area (Å²) in [6, 6.07) is 0. The minimum absolute atomic E-state index is 0. The molecule has 24 valence electrons. The van der Waals surface area contributed by atoms with Crippen LogP contribution in [0.1, 0.15) is 6.92 Å². The van der Waals surface area contributed by atoms with Gasteiger partial charge in [-0.05, 0) is 6.92 Å². The summed E-state index contributed by atoms with van der Waals surface area (Å²) in [5.74, 6) is 0. The van der Waals surface area contributed by atoms with Crippen molar-refractivity contribution in [2.45, 2.75) is 6.92 Å². The third-order valence-corrected chi connectivity index (χ3v) is 0. The van der Waals surface area contributed by atoms with Gasteiger partial charge in [-0.3, -0.25) is 0 Å². The molecule has 0 saturated carbocycles. The van der Waals surface area contributed by atoms with Crippen LogP contribution in [0.5, 0.6) is 0 Å². The van der Waals surface area contributed by atoms with Crippen molar-refractivity contribution in [1.82, 2.24) is 0 Å². The van der Waals surface area contributed by atoms with Crippen LogP contribution in [0.4, 0.5) is 0 Å². The lowest BCUT2D eigenvalue weighted by molar-refractivity contribution is 0.318. The van der Waals surface area contributed by atoms with E-state index in [9.17, 15) is 0 Å². The Hall–Kier alpha value is -0.0400. The first-order valence-electron chi connectivity index (χ1n) is 1.02. The summed E-state index contributed by atoms with van der Waals surface area (Å²) in [6.07, 6.45) is 0. The largest absolute Gasteiger partial charge is 0.397 e. The van der Waals surface area contributed by atoms with Crippen molar-refractivity contribution in [2.75, 3.05) is 6.61 Å². The Bertz CT molecular complexity index is 3.25. The van der Waals surface area contributed by atoms with Crippen molar-refractivity contribution >= 4 is 0 Å². The number of rotatable bonds is 0. The van der Waals surface area contributed by atoms with Gasteiger partial charge in [0.1, 0.15) is 0 Å². The van der Waals surface area contributed by atoms with Gasteiger partial charge in [0.05, 0.1) is 0 Å². The Morgan fingerprint density at radius 3 is 1.75 bits per heavy atom. The molecule has 0 aromatic rings. The van der Waals surface area contributed by atoms with E-state index in [1.165, 1.54) is 0 Å². The molecule has 4 radical (unpaired) electrons. The topological polar surface area (TPSA) is 20.2 Å². The molecule has 0 aliphatic carbocycles. The van der Waals surface area contributed by atoms with Crippen LogP contribution < -0.4 is 0 Å². The van der Waals surface area contributed by atoms with Crippen molar-refractivity contribution in [3.8, 4) is 0 Å². The Morgan fingerprint density at radius 2 is 1.75 bits per heavy atom. The lowest BCUT2D eigenvalue weighted by atomic mass is 10.9. The summed E-state index contributed by atoms with van der Waals surface area (Å²) in [6.45, 7) is 1.93. The molecule has 0 unspecified atom stereocenters. The van der Waals surface area contributed by atoms with Crippen LogP contribution in [0.2, 0.25) is 0 Å². The molecule has 0 heterocycles. The Morgan fingerprint density at radius 1 is 1.75 bits per heavy atom. The third kappa shape index (κ3) is 1130. The van der Waals surface area contributed by atoms with Gasteiger partial charge >= 0.3 is 0 Å². The van der Waals surface area contributed by atoms with Crippen molar-refractivity contribution < 1.29 is 5.11 Å². The Kier molecular flexibility index (Phi) is 27.9. The van der Waals surface area contributed by atoms with Gasteiger partial charge in [0.15, 0.2) is 0 Å². The van der Waals surface area contributed by atoms with Crippen molar-refractivity contribution in [3.05, 3.63) is 7.43 Å². The van der Waals surface area contributed by atoms with E-state index in [4.69, 9.17) is 5.11 Å². The number of hydrogen-bond donors (Lipinski definition) is 1. The molecule has 1 N–H and O–H groups in total. The summed E-state index contributed by atoms with van der Waals surface area (Å²) in [7, 11) is 0. The average molecular weight is 58.1 g/mol. The summed E-state index contributed by atoms with van der Waals surface area (Å²) in [5, 5.41) is 7.57. The van der Waals surface area contributed by atoms with Crippen LogP contribution in [0.25, 0.3) is 0 Å². The SMILES string of the molecule is CCO.[C]. The molecule has 0 aromatic carbocycles. The molecule has 0 amide bonds. The first-order chi connectivity index (χ1) is 1.41. The maximum absolute atomic E-state index is 7.57. The van der Waals surface area contributed by atoms with Gasteiger partial charge in [-0.2, -0.15) is 0 Å². The molecular weight excluding hydrogens is 52.0 g/mol. The fourth-order valence-electron chi connectivity index (χ4n) is 0. The lowest BCUT2D eigenvalue weighted by Gasteiger charge is -1.52. The zero-order valence-electron chi connectivity index (χ0n) is 2.65. The van der Waals surface area contributed by atoms with Crippen LogP contribution in [0.15, 0.2) is 0 Å². The molecule has 0 atom stereocenters. The fraction of sp³-hybridized carbons (Fsp3) is 0.667. The van der Waals surface area contributed by atoms with Gasteiger partial charge in [0.2, 0.25) is 0 Å². The highest BCUT2D eigenvalue weighted by Crippen LogP contribution is 1.30. The average Bonchev–Trinajstić information content (AvgIpc) is 0.918. The molecule has 0 bridgehead atoms. The molecule has 0 aliphatic heterocycles. The van der Waals surface area contributed by atoms with Crippen LogP contribution in [-0.2, 0) is 0 Å². The first-order valence-corrected chi connectivity index (χ1v) is 1.02. The van der Waals surface area contributed by atoms with E-state index < -0.39 is 0 Å². The summed E-state index contributed by atoms with van der Waals surface area (Å²) >= 11 is 0. The van der Waals surface area contributed by atoms with Crippen LogP contribution in [0, 0.1) is 7.43 Å². The lowest BCUT2D eigenvalue weighted by Crippen LogP contribution is -1.57. The normalized spacial score (nSPS) is 4.50. The Balaban J connectivity index is 0. The Labute approximate surface area is 27.3 Å². The zero-order chi connectivity index (χ0) is 2.71. The second-order valence-electron chi connectivity index (χ2n) is 0.316. The maximum atomic E-state index is 7.57. The molecule has 0 aliphatic rings. The van der Waals surface area contributed by atoms with E-state index in [2.05, 4.69) is 0 Å². The van der Waals surface area contributed by atoms with E-state index in [0.29, 0.717) is 0 Å². The van der Waals surface area contributed by atoms with Crippen LogP contribution >= 0.6 is 0 Å². The van der Waals surface area contributed by atoms with Crippen molar-refractivity contribution in [3.63, 3.8) is 0 Å². The molecule has 1 nitrogen and oxygen atoms in total. The molecule has 0 saturated heterocycles. The van der Waals surface area contributed by atoms with Crippen LogP contribution in [0.3, 0.4) is 0 Å². The summed E-state index contributed by atoms with van der Waals surface area (Å²) < 4.78 is 0. The minimum atomic E-state index is 0. The van der Waals surface area contributed by atoms with E-state index in [0.717, 1.165) is 0 Å². The summed E-state index contributed by atoms with van der Waals surface area (Å²) in [4.78, 5) is 0. The highest BCUT2D eigenvalue weighted by molar-refractivity contribution is 3.84. The number of aliphatic hydroxyl groups excluding tert-OH is 1. The molecule has 0 spiro atoms. The maximum Gasteiger partial charge on any atom is 0.0402 e. The molecule has 4 heavy (non-hydrogen) atoms. The first kappa shape index (κ1) is 9.03. The predicted molar refractivity (Wildman–Crippen MR) is 16.0 cm³/mol. The highest BCUT2D eigenvalue weighted by atomic mass is 16.2. The van der Waals surface area contributed by atoms with E-state index in [1.54, 1.807) is 6.92 Å². The van der Waals surface area contributed by atoms with E-state index in [1.807, 2.05) is 0 Å². The van der Waals surface area contributed by atoms with Gasteiger partial charge in [-0.1, -0.05) is 0 Å². The molecule has 0 rings (SSSR count). The second-order valence-corrected chi connectivity index (χ2v) is 0.316. The molecule has 0 fully saturated rings. The van der Waals surface area contributed by atoms with Crippen LogP contribution in [-0.4, -0.2) is 11.7 Å². The number of hydrogen-bond acceptors (Lipinski definition) is 1. The zero-order valence-corrected chi connectivity index (χ0v) is 2.65. The van der Waals surface area contributed by atoms with Crippen molar-refractivity contribution in [1.29, 1.82) is 0 Å². The van der Waals surface area contributed by atoms with Crippen molar-refractivity contribution in [2.24, 2.45) is 0 Å². The standard InChI is InChI=1S/C2H6O.C/c1-2-3;/h3H,2H2,1H3;. The van der Waals surface area contributed by atoms with E-state index in [-0.39, 0.29) is 14.0 Å². The molecular formula is C3H6O. The monoisotopic (exact) mass is 58.0 g/mol. The highest BCUT2D eigenvalue weighted by Gasteiger charge is 1.34. The number of aliphatic hydroxyl groups is 1. The van der Waals surface area contributed by atoms with Gasteiger partial charge in [0, 0.05) is 14.0 Å². The van der Waals surface area contributed by atoms with E-state index >= 15 is 0 Å². The van der Waals surface area contributed by atoms with Gasteiger partial charge in [-0.25, -0.2) is 0 Å². The van der Waals surface area contributed by atoms with Gasteiger partial charge in [0.25, 0.3) is 0 Å². The third-order valence-electron chi connectivity index (χ3n) is 0. The smallest absolute Gasteiger partial charge is 0.0402 e. The second kappa shape index (κ2) is 12.3. The van der Waals surface area contributed by atoms with Gasteiger partial charge in [-0.15, -0.1) is 0 Å². The predicted octanol–water partition coefficient (Wildman–Crippen LogP) is 0.0799. The molecule has 0 aromatic heterocycles. The minimum Gasteiger partial charge on any atom is -0.397 e. The molecule has 1 heteroatoms. The summed E-state index contributed by atoms with van der Waals surface area (Å²) in [5.41, 5.74) is 0. The fourth-order valence-corrected chi connectivity index (χ4v) is 0. The van der Waals surface area contributed by atoms with Gasteiger partial charge < -0.3 is 5.11 Å². The quantitative estimate of drug-likeness (QED) is 0.418.